The normalized spacial score (nSPS) is 21.8. The maximum atomic E-state index is 13.8. The number of morpholine rings is 1. The van der Waals surface area contributed by atoms with Crippen molar-refractivity contribution in [1.82, 2.24) is 10.2 Å². The quantitative estimate of drug-likeness (QED) is 0.533. The van der Waals surface area contributed by atoms with Gasteiger partial charge in [-0.25, -0.2) is 8.42 Å². The Balaban J connectivity index is 2.17. The van der Waals surface area contributed by atoms with E-state index in [2.05, 4.69) is 5.32 Å². The summed E-state index contributed by atoms with van der Waals surface area (Å²) in [5.41, 5.74) is 1.42. The minimum Gasteiger partial charge on any atom is -0.359 e. The molecule has 0 bridgehead atoms. The van der Waals surface area contributed by atoms with Crippen molar-refractivity contribution in [2.75, 3.05) is 12.8 Å². The number of carbonyl (C=O) groups is 2. The summed E-state index contributed by atoms with van der Waals surface area (Å²) in [5.74, 6) is -1.06. The van der Waals surface area contributed by atoms with Crippen LogP contribution >= 0.6 is 23.2 Å². The van der Waals surface area contributed by atoms with Crippen molar-refractivity contribution in [3.05, 3.63) is 69.7 Å². The first-order valence-corrected chi connectivity index (χ1v) is 14.1. The zero-order valence-corrected chi connectivity index (χ0v) is 23.3. The van der Waals surface area contributed by atoms with E-state index in [1.807, 2.05) is 6.07 Å². The first-order valence-electron chi connectivity index (χ1n) is 11.7. The summed E-state index contributed by atoms with van der Waals surface area (Å²) in [6, 6.07) is 12.7. The van der Waals surface area contributed by atoms with Crippen LogP contribution in [0.15, 0.2) is 48.5 Å². The summed E-state index contributed by atoms with van der Waals surface area (Å²) in [5, 5.41) is 3.53. The van der Waals surface area contributed by atoms with Gasteiger partial charge in [-0.3, -0.25) is 9.59 Å². The predicted octanol–water partition coefficient (Wildman–Crippen LogP) is 4.74. The number of amides is 2. The van der Waals surface area contributed by atoms with E-state index in [1.165, 1.54) is 7.05 Å². The molecule has 0 radical (unpaired) electrons. The average Bonchev–Trinajstić information content (AvgIpc) is 2.79. The summed E-state index contributed by atoms with van der Waals surface area (Å²) >= 11 is 12.4. The van der Waals surface area contributed by atoms with Crippen molar-refractivity contribution in [2.24, 2.45) is 0 Å². The SMILES string of the molecule is CNC(=O)C[C@@H]1O[C@H](c2cccc(Cl)c2)[C@@H](c2ccc(Cl)cc2)N([C@@H](C)CS(=O)(=O)C(C)(C)C)C1=O. The second-order valence-electron chi connectivity index (χ2n) is 9.96. The Kier molecular flexibility index (Phi) is 8.76. The number of nitrogens with zero attached hydrogens (tertiary/aromatic N) is 1. The van der Waals surface area contributed by atoms with Crippen molar-refractivity contribution in [3.8, 4) is 0 Å². The van der Waals surface area contributed by atoms with Gasteiger partial charge in [0.2, 0.25) is 5.91 Å². The van der Waals surface area contributed by atoms with Gasteiger partial charge in [0.1, 0.15) is 12.2 Å². The molecule has 2 amide bonds. The van der Waals surface area contributed by atoms with Crippen LogP contribution in [0.5, 0.6) is 0 Å². The van der Waals surface area contributed by atoms with Crippen molar-refractivity contribution in [2.45, 2.75) is 63.2 Å². The number of hydrogen-bond donors (Lipinski definition) is 1. The molecule has 2 aromatic carbocycles. The van der Waals surface area contributed by atoms with Crippen molar-refractivity contribution in [3.63, 3.8) is 0 Å². The number of halogens is 2. The standard InChI is InChI=1S/C26H32Cl2N2O5S/c1-16(15-36(33,34)26(2,3)4)30-23(17-9-11-19(27)12-10-17)24(18-7-6-8-20(28)13-18)35-21(25(30)32)14-22(31)29-5/h6-13,16,21,23-24H,14-15H2,1-5H3,(H,29,31)/t16-,21-,23+,24+/m0/s1. The molecule has 1 aliphatic rings. The van der Waals surface area contributed by atoms with Crippen LogP contribution in [0.25, 0.3) is 0 Å². The van der Waals surface area contributed by atoms with E-state index < -0.39 is 44.8 Å². The Labute approximate surface area is 223 Å². The lowest BCUT2D eigenvalue weighted by molar-refractivity contribution is -0.179. The molecule has 0 aromatic heterocycles. The van der Waals surface area contributed by atoms with E-state index >= 15 is 0 Å². The number of rotatable bonds is 7. The number of benzene rings is 2. The highest BCUT2D eigenvalue weighted by molar-refractivity contribution is 7.92. The van der Waals surface area contributed by atoms with Gasteiger partial charge in [-0.2, -0.15) is 0 Å². The van der Waals surface area contributed by atoms with E-state index in [-0.39, 0.29) is 18.1 Å². The van der Waals surface area contributed by atoms with Crippen LogP contribution in [-0.4, -0.2) is 54.8 Å². The van der Waals surface area contributed by atoms with Crippen molar-refractivity contribution < 1.29 is 22.7 Å². The Bertz CT molecular complexity index is 1210. The lowest BCUT2D eigenvalue weighted by Crippen LogP contribution is -2.56. The molecule has 1 saturated heterocycles. The minimum atomic E-state index is -3.57. The highest BCUT2D eigenvalue weighted by atomic mass is 35.5. The number of ether oxygens (including phenoxy) is 1. The van der Waals surface area contributed by atoms with E-state index in [1.54, 1.807) is 75.1 Å². The van der Waals surface area contributed by atoms with Crippen molar-refractivity contribution >= 4 is 44.9 Å². The van der Waals surface area contributed by atoms with E-state index in [9.17, 15) is 18.0 Å². The summed E-state index contributed by atoms with van der Waals surface area (Å²) in [4.78, 5) is 27.6. The summed E-state index contributed by atoms with van der Waals surface area (Å²) in [6.07, 6.45) is -2.01. The second-order valence-corrected chi connectivity index (χ2v) is 13.6. The van der Waals surface area contributed by atoms with Crippen LogP contribution in [0.2, 0.25) is 10.0 Å². The van der Waals surface area contributed by atoms with Crippen LogP contribution < -0.4 is 5.32 Å². The molecule has 0 aliphatic carbocycles. The van der Waals surface area contributed by atoms with Gasteiger partial charge in [-0.1, -0.05) is 47.5 Å². The second kappa shape index (κ2) is 11.1. The van der Waals surface area contributed by atoms with Gasteiger partial charge >= 0.3 is 0 Å². The zero-order valence-electron chi connectivity index (χ0n) is 21.0. The molecule has 196 valence electrons. The van der Waals surface area contributed by atoms with Crippen molar-refractivity contribution in [1.29, 1.82) is 0 Å². The molecule has 2 aromatic rings. The third-order valence-electron chi connectivity index (χ3n) is 6.33. The molecule has 3 rings (SSSR count). The molecule has 0 spiro atoms. The van der Waals surface area contributed by atoms with Crippen LogP contribution in [0, 0.1) is 0 Å². The Morgan fingerprint density at radius 2 is 1.72 bits per heavy atom. The zero-order chi connectivity index (χ0) is 26.8. The van der Waals surface area contributed by atoms with E-state index in [0.29, 0.717) is 15.6 Å². The van der Waals surface area contributed by atoms with Gasteiger partial charge in [-0.05, 0) is 63.1 Å². The molecule has 0 unspecified atom stereocenters. The van der Waals surface area contributed by atoms with Crippen LogP contribution in [0.3, 0.4) is 0 Å². The van der Waals surface area contributed by atoms with Gasteiger partial charge < -0.3 is 15.0 Å². The largest absolute Gasteiger partial charge is 0.359 e. The Morgan fingerprint density at radius 1 is 1.08 bits per heavy atom. The third-order valence-corrected chi connectivity index (χ3v) is 9.61. The molecule has 1 fully saturated rings. The molecular formula is C26H32Cl2N2O5S. The van der Waals surface area contributed by atoms with Crippen LogP contribution in [0.4, 0.5) is 0 Å². The van der Waals surface area contributed by atoms with Gasteiger partial charge in [0.25, 0.3) is 5.91 Å². The molecule has 0 saturated carbocycles. The summed E-state index contributed by atoms with van der Waals surface area (Å²) in [7, 11) is -2.09. The first-order chi connectivity index (χ1) is 16.7. The fraction of sp³-hybridized carbons (Fsp3) is 0.462. The number of hydrogen-bond acceptors (Lipinski definition) is 5. The molecule has 1 N–H and O–H groups in total. The molecular weight excluding hydrogens is 523 g/mol. The molecule has 7 nitrogen and oxygen atoms in total. The lowest BCUT2D eigenvalue weighted by Gasteiger charge is -2.47. The first kappa shape index (κ1) is 28.4. The average molecular weight is 556 g/mol. The monoisotopic (exact) mass is 554 g/mol. The van der Waals surface area contributed by atoms with E-state index in [0.717, 1.165) is 5.56 Å². The van der Waals surface area contributed by atoms with E-state index in [4.69, 9.17) is 27.9 Å². The molecule has 1 heterocycles. The third kappa shape index (κ3) is 6.22. The molecule has 10 heteroatoms. The summed E-state index contributed by atoms with van der Waals surface area (Å²) in [6.45, 7) is 6.61. The topological polar surface area (TPSA) is 92.8 Å². The highest BCUT2D eigenvalue weighted by Gasteiger charge is 2.47. The highest BCUT2D eigenvalue weighted by Crippen LogP contribution is 2.44. The Morgan fingerprint density at radius 3 is 2.28 bits per heavy atom. The number of carbonyl (C=O) groups excluding carboxylic acids is 2. The maximum Gasteiger partial charge on any atom is 0.253 e. The fourth-order valence-corrected chi connectivity index (χ4v) is 5.86. The number of sulfone groups is 1. The smallest absolute Gasteiger partial charge is 0.253 e. The van der Waals surface area contributed by atoms with Crippen LogP contribution in [0.1, 0.15) is 57.4 Å². The number of nitrogens with one attached hydrogen (secondary N) is 1. The lowest BCUT2D eigenvalue weighted by atomic mass is 9.90. The predicted molar refractivity (Wildman–Crippen MR) is 142 cm³/mol. The maximum absolute atomic E-state index is 13.8. The summed E-state index contributed by atoms with van der Waals surface area (Å²) < 4.78 is 31.6. The molecule has 1 aliphatic heterocycles. The van der Waals surface area contributed by atoms with Gasteiger partial charge in [0, 0.05) is 23.1 Å². The minimum absolute atomic E-state index is 0.199. The molecule has 4 atom stereocenters. The van der Waals surface area contributed by atoms with Gasteiger partial charge in [0.15, 0.2) is 9.84 Å². The fourth-order valence-electron chi connectivity index (χ4n) is 4.24. The van der Waals surface area contributed by atoms with Gasteiger partial charge in [-0.15, -0.1) is 0 Å². The molecule has 36 heavy (non-hydrogen) atoms. The Hall–Kier alpha value is -2.13. The van der Waals surface area contributed by atoms with Crippen LogP contribution in [-0.2, 0) is 24.2 Å². The van der Waals surface area contributed by atoms with Gasteiger partial charge in [0.05, 0.1) is 23.0 Å².